The van der Waals surface area contributed by atoms with Crippen LogP contribution in [0.4, 0.5) is 5.13 Å². The molecule has 1 amide bonds. The van der Waals surface area contributed by atoms with Crippen LogP contribution in [0.1, 0.15) is 17.2 Å². The summed E-state index contributed by atoms with van der Waals surface area (Å²) in [6.07, 6.45) is 3.50. The Bertz CT molecular complexity index is 828. The lowest BCUT2D eigenvalue weighted by Crippen LogP contribution is -2.30. The molecular weight excluding hydrogens is 334 g/mol. The van der Waals surface area contributed by atoms with Gasteiger partial charge in [-0.15, -0.1) is 12.4 Å². The molecule has 2 heterocycles. The Hall–Kier alpha value is -1.96. The number of anilines is 1. The number of likely N-dealkylation sites (N-methyl/N-ethyl adjacent to an activating group) is 1. The molecule has 0 aliphatic carbocycles. The number of fused-ring (bicyclic) bond motifs is 1. The summed E-state index contributed by atoms with van der Waals surface area (Å²) in [7, 11) is 3.57. The van der Waals surface area contributed by atoms with E-state index >= 15 is 0 Å². The van der Waals surface area contributed by atoms with Gasteiger partial charge in [-0.05, 0) is 31.7 Å². The number of aryl methyl sites for hydroxylation is 2. The predicted octanol–water partition coefficient (Wildman–Crippen LogP) is 2.66. The predicted molar refractivity (Wildman–Crippen MR) is 95.2 cm³/mol. The van der Waals surface area contributed by atoms with Crippen LogP contribution in [0.3, 0.4) is 0 Å². The number of carbonyl (C=O) groups excluding carboxylic acids is 1. The van der Waals surface area contributed by atoms with E-state index in [0.717, 1.165) is 15.8 Å². The minimum atomic E-state index is -0.456. The van der Waals surface area contributed by atoms with Crippen molar-refractivity contribution in [2.75, 3.05) is 12.4 Å². The van der Waals surface area contributed by atoms with Crippen molar-refractivity contribution in [1.29, 1.82) is 0 Å². The molecule has 2 aromatic heterocycles. The molecule has 1 atom stereocenters. The molecule has 3 rings (SSSR count). The third-order valence-corrected chi connectivity index (χ3v) is 4.32. The van der Waals surface area contributed by atoms with Gasteiger partial charge in [0.1, 0.15) is 6.04 Å². The van der Waals surface area contributed by atoms with Gasteiger partial charge in [0, 0.05) is 18.8 Å². The molecule has 2 N–H and O–H groups in total. The Morgan fingerprint density at radius 3 is 2.83 bits per heavy atom. The van der Waals surface area contributed by atoms with Gasteiger partial charge in [0.25, 0.3) is 0 Å². The molecule has 0 spiro atoms. The average molecular weight is 352 g/mol. The second-order valence-electron chi connectivity index (χ2n) is 5.15. The number of hydrogen-bond acceptors (Lipinski definition) is 5. The molecule has 0 aliphatic heterocycles. The van der Waals surface area contributed by atoms with E-state index in [2.05, 4.69) is 26.8 Å². The van der Waals surface area contributed by atoms with E-state index in [4.69, 9.17) is 0 Å². The second kappa shape index (κ2) is 7.08. The topological polar surface area (TPSA) is 71.8 Å². The number of thiazole rings is 1. The molecule has 0 bridgehead atoms. The zero-order valence-corrected chi connectivity index (χ0v) is 14.7. The molecule has 0 radical (unpaired) electrons. The van der Waals surface area contributed by atoms with Crippen LogP contribution in [-0.4, -0.2) is 27.7 Å². The number of benzene rings is 1. The van der Waals surface area contributed by atoms with Crippen LogP contribution < -0.4 is 10.6 Å². The maximum absolute atomic E-state index is 12.5. The van der Waals surface area contributed by atoms with Crippen LogP contribution in [-0.2, 0) is 11.8 Å². The van der Waals surface area contributed by atoms with E-state index in [-0.39, 0.29) is 18.3 Å². The lowest BCUT2D eigenvalue weighted by Gasteiger charge is -2.12. The summed E-state index contributed by atoms with van der Waals surface area (Å²) < 4.78 is 2.74. The fraction of sp³-hybridized carbons (Fsp3) is 0.267. The summed E-state index contributed by atoms with van der Waals surface area (Å²) >= 11 is 1.48. The van der Waals surface area contributed by atoms with Gasteiger partial charge in [-0.25, -0.2) is 4.98 Å². The van der Waals surface area contributed by atoms with Crippen LogP contribution >= 0.6 is 23.7 Å². The molecule has 8 heteroatoms. The van der Waals surface area contributed by atoms with Crippen LogP contribution in [0.2, 0.25) is 0 Å². The Morgan fingerprint density at radius 1 is 1.39 bits per heavy atom. The van der Waals surface area contributed by atoms with Crippen molar-refractivity contribution in [2.24, 2.45) is 7.05 Å². The zero-order chi connectivity index (χ0) is 15.7. The first-order valence-corrected chi connectivity index (χ1v) is 7.72. The van der Waals surface area contributed by atoms with Crippen LogP contribution in [0.15, 0.2) is 30.6 Å². The number of nitrogens with zero attached hydrogens (tertiary/aromatic N) is 3. The van der Waals surface area contributed by atoms with E-state index in [1.807, 2.05) is 32.3 Å². The summed E-state index contributed by atoms with van der Waals surface area (Å²) in [5.74, 6) is -0.147. The van der Waals surface area contributed by atoms with E-state index in [0.29, 0.717) is 5.13 Å². The Kier molecular flexibility index (Phi) is 5.35. The van der Waals surface area contributed by atoms with Gasteiger partial charge in [-0.2, -0.15) is 5.10 Å². The number of halogens is 1. The SMILES string of the molecule is CNC(C(=O)Nc1nc2ccc(C)cc2s1)c1cnn(C)c1.Cl. The van der Waals surface area contributed by atoms with Gasteiger partial charge in [-0.3, -0.25) is 9.48 Å². The summed E-state index contributed by atoms with van der Waals surface area (Å²) in [4.78, 5) is 16.9. The van der Waals surface area contributed by atoms with Gasteiger partial charge >= 0.3 is 0 Å². The van der Waals surface area contributed by atoms with Crippen molar-refractivity contribution >= 4 is 45.0 Å². The quantitative estimate of drug-likeness (QED) is 0.758. The third-order valence-electron chi connectivity index (χ3n) is 3.38. The molecule has 1 aromatic carbocycles. The number of nitrogens with one attached hydrogen (secondary N) is 2. The third kappa shape index (κ3) is 3.69. The van der Waals surface area contributed by atoms with Crippen molar-refractivity contribution in [2.45, 2.75) is 13.0 Å². The van der Waals surface area contributed by atoms with Gasteiger partial charge in [-0.1, -0.05) is 17.4 Å². The van der Waals surface area contributed by atoms with Crippen LogP contribution in [0, 0.1) is 6.92 Å². The lowest BCUT2D eigenvalue weighted by molar-refractivity contribution is -0.118. The van der Waals surface area contributed by atoms with Gasteiger partial charge in [0.05, 0.1) is 16.4 Å². The van der Waals surface area contributed by atoms with Crippen molar-refractivity contribution in [3.8, 4) is 0 Å². The van der Waals surface area contributed by atoms with E-state index < -0.39 is 6.04 Å². The molecule has 0 saturated heterocycles. The maximum atomic E-state index is 12.5. The molecule has 1 unspecified atom stereocenters. The second-order valence-corrected chi connectivity index (χ2v) is 6.18. The highest BCUT2D eigenvalue weighted by Gasteiger charge is 2.21. The standard InChI is InChI=1S/C15H17N5OS.ClH/c1-9-4-5-11-12(6-9)22-15(18-11)19-14(21)13(16-2)10-7-17-20(3)8-10;/h4-8,13,16H,1-3H3,(H,18,19,21);1H. The molecule has 6 nitrogen and oxygen atoms in total. The van der Waals surface area contributed by atoms with Gasteiger partial charge < -0.3 is 10.6 Å². The maximum Gasteiger partial charge on any atom is 0.247 e. The number of carbonyl (C=O) groups is 1. The number of rotatable bonds is 4. The first-order chi connectivity index (χ1) is 10.6. The van der Waals surface area contributed by atoms with E-state index in [1.54, 1.807) is 17.9 Å². The number of hydrogen-bond donors (Lipinski definition) is 2. The van der Waals surface area contributed by atoms with Crippen LogP contribution in [0.25, 0.3) is 10.2 Å². The zero-order valence-electron chi connectivity index (χ0n) is 13.0. The summed E-state index contributed by atoms with van der Waals surface area (Å²) in [6, 6.07) is 5.59. The summed E-state index contributed by atoms with van der Waals surface area (Å²) in [5.41, 5.74) is 2.89. The van der Waals surface area contributed by atoms with E-state index in [9.17, 15) is 4.79 Å². The Morgan fingerprint density at radius 2 is 2.17 bits per heavy atom. The molecule has 23 heavy (non-hydrogen) atoms. The van der Waals surface area contributed by atoms with Crippen molar-refractivity contribution in [3.63, 3.8) is 0 Å². The molecule has 0 saturated carbocycles. The van der Waals surface area contributed by atoms with E-state index in [1.165, 1.54) is 16.9 Å². The number of aromatic nitrogens is 3. The molecular formula is C15H18ClN5OS. The minimum Gasteiger partial charge on any atom is -0.305 e. The fourth-order valence-electron chi connectivity index (χ4n) is 2.30. The van der Waals surface area contributed by atoms with Crippen molar-refractivity contribution < 1.29 is 4.79 Å². The molecule has 122 valence electrons. The Balaban J connectivity index is 0.00000192. The number of amides is 1. The fourth-order valence-corrected chi connectivity index (χ4v) is 3.27. The first-order valence-electron chi connectivity index (χ1n) is 6.90. The monoisotopic (exact) mass is 351 g/mol. The van der Waals surface area contributed by atoms with Gasteiger partial charge in [0.2, 0.25) is 5.91 Å². The highest BCUT2D eigenvalue weighted by Crippen LogP contribution is 2.27. The van der Waals surface area contributed by atoms with Crippen molar-refractivity contribution in [1.82, 2.24) is 20.1 Å². The highest BCUT2D eigenvalue weighted by molar-refractivity contribution is 7.22. The first kappa shape index (κ1) is 17.4. The van der Waals surface area contributed by atoms with Crippen LogP contribution in [0.5, 0.6) is 0 Å². The lowest BCUT2D eigenvalue weighted by atomic mass is 10.1. The smallest absolute Gasteiger partial charge is 0.247 e. The summed E-state index contributed by atoms with van der Waals surface area (Å²) in [6.45, 7) is 2.04. The Labute approximate surface area is 144 Å². The summed E-state index contributed by atoms with van der Waals surface area (Å²) in [5, 5.41) is 10.6. The van der Waals surface area contributed by atoms with Gasteiger partial charge in [0.15, 0.2) is 5.13 Å². The normalized spacial score (nSPS) is 12.0. The average Bonchev–Trinajstić information content (AvgIpc) is 3.05. The molecule has 0 fully saturated rings. The largest absolute Gasteiger partial charge is 0.305 e. The molecule has 0 aliphatic rings. The molecule has 3 aromatic rings. The minimum absolute atomic E-state index is 0. The van der Waals surface area contributed by atoms with Crippen molar-refractivity contribution in [3.05, 3.63) is 41.7 Å². The highest BCUT2D eigenvalue weighted by atomic mass is 35.5.